The van der Waals surface area contributed by atoms with Gasteiger partial charge in [-0.2, -0.15) is 13.2 Å². The van der Waals surface area contributed by atoms with Crippen molar-refractivity contribution in [3.8, 4) is 0 Å². The lowest BCUT2D eigenvalue weighted by Crippen LogP contribution is -2.52. The fraction of sp³-hybridized carbons (Fsp3) is 0.636. The number of rotatable bonds is 3. The molecule has 1 aromatic rings. The summed E-state index contributed by atoms with van der Waals surface area (Å²) >= 11 is 1.30. The second-order valence-corrected chi connectivity index (χ2v) is 5.50. The summed E-state index contributed by atoms with van der Waals surface area (Å²) in [5.41, 5.74) is -2.32. The maximum atomic E-state index is 13.1. The summed E-state index contributed by atoms with van der Waals surface area (Å²) in [5, 5.41) is 7.35. The number of alkyl halides is 3. The molecule has 2 atom stereocenters. The van der Waals surface area contributed by atoms with Crippen LogP contribution in [0.15, 0.2) is 11.6 Å². The Kier molecular flexibility index (Phi) is 3.82. The van der Waals surface area contributed by atoms with Crippen molar-refractivity contribution >= 4 is 17.2 Å². The van der Waals surface area contributed by atoms with Gasteiger partial charge >= 0.3 is 6.18 Å². The Morgan fingerprint density at radius 3 is 2.84 bits per heavy atom. The largest absolute Gasteiger partial charge is 0.404 e. The molecule has 2 unspecified atom stereocenters. The molecule has 2 rings (SSSR count). The Balaban J connectivity index is 2.13. The molecule has 1 aliphatic heterocycles. The minimum atomic E-state index is -4.55. The molecule has 0 saturated carbocycles. The Labute approximate surface area is 112 Å². The molecule has 1 aromatic heterocycles. The molecule has 1 aliphatic rings. The zero-order valence-corrected chi connectivity index (χ0v) is 11.1. The van der Waals surface area contributed by atoms with Crippen LogP contribution < -0.4 is 10.6 Å². The third-order valence-corrected chi connectivity index (χ3v) is 4.26. The molecular formula is C11H14F3N3OS. The maximum Gasteiger partial charge on any atom is 0.404 e. The summed E-state index contributed by atoms with van der Waals surface area (Å²) in [6.45, 7) is 1.45. The van der Waals surface area contributed by atoms with Crippen LogP contribution in [0.4, 0.5) is 13.2 Å². The minimum Gasteiger partial charge on any atom is -0.346 e. The summed E-state index contributed by atoms with van der Waals surface area (Å²) in [6, 6.07) is -0.521. The topological polar surface area (TPSA) is 54.0 Å². The van der Waals surface area contributed by atoms with Crippen LogP contribution in [0.2, 0.25) is 0 Å². The average molecular weight is 293 g/mol. The fourth-order valence-electron chi connectivity index (χ4n) is 2.10. The Morgan fingerprint density at radius 1 is 1.63 bits per heavy atom. The van der Waals surface area contributed by atoms with Gasteiger partial charge in [0.1, 0.15) is 5.01 Å². The smallest absolute Gasteiger partial charge is 0.346 e. The number of thiazole rings is 1. The van der Waals surface area contributed by atoms with Gasteiger partial charge in [-0.1, -0.05) is 0 Å². The number of nitrogens with one attached hydrogen (secondary N) is 2. The van der Waals surface area contributed by atoms with Crippen LogP contribution in [0.25, 0.3) is 0 Å². The molecule has 0 aromatic carbocycles. The van der Waals surface area contributed by atoms with Gasteiger partial charge in [-0.25, -0.2) is 4.98 Å². The van der Waals surface area contributed by atoms with Crippen LogP contribution in [0.5, 0.6) is 0 Å². The fourth-order valence-corrected chi connectivity index (χ4v) is 2.75. The van der Waals surface area contributed by atoms with Crippen LogP contribution >= 0.6 is 11.3 Å². The number of carbonyl (C=O) groups excluding carboxylic acids is 1. The number of halogens is 3. The molecule has 0 radical (unpaired) electrons. The van der Waals surface area contributed by atoms with Gasteiger partial charge in [0.05, 0.1) is 6.04 Å². The standard InChI is InChI=1S/C11H14F3N3OS/c1-7(8-16-4-5-19-8)17-9(18)10(11(12,13)14)2-3-15-6-10/h4-5,7,15H,2-3,6H2,1H3,(H,17,18). The average Bonchev–Trinajstić information content (AvgIpc) is 3.00. The Morgan fingerprint density at radius 2 is 2.37 bits per heavy atom. The first-order chi connectivity index (χ1) is 8.87. The van der Waals surface area contributed by atoms with Gasteiger partial charge in [-0.15, -0.1) is 11.3 Å². The SMILES string of the molecule is CC(NC(=O)C1(C(F)(F)F)CCNC1)c1nccs1. The number of hydrogen-bond acceptors (Lipinski definition) is 4. The van der Waals surface area contributed by atoms with E-state index in [0.717, 1.165) is 0 Å². The first-order valence-corrected chi connectivity index (χ1v) is 6.72. The lowest BCUT2D eigenvalue weighted by Gasteiger charge is -2.30. The molecule has 106 valence electrons. The maximum absolute atomic E-state index is 13.1. The molecule has 4 nitrogen and oxygen atoms in total. The predicted octanol–water partition coefficient (Wildman–Crippen LogP) is 1.86. The third-order valence-electron chi connectivity index (χ3n) is 3.30. The van der Waals surface area contributed by atoms with Crippen LogP contribution in [0.3, 0.4) is 0 Å². The highest BCUT2D eigenvalue weighted by molar-refractivity contribution is 7.09. The summed E-state index contributed by atoms with van der Waals surface area (Å²) in [5.74, 6) is -0.979. The van der Waals surface area contributed by atoms with E-state index in [1.54, 1.807) is 18.5 Å². The monoisotopic (exact) mass is 293 g/mol. The first-order valence-electron chi connectivity index (χ1n) is 5.84. The van der Waals surface area contributed by atoms with E-state index in [0.29, 0.717) is 5.01 Å². The van der Waals surface area contributed by atoms with E-state index in [9.17, 15) is 18.0 Å². The van der Waals surface area contributed by atoms with Crippen molar-refractivity contribution in [3.05, 3.63) is 16.6 Å². The number of carbonyl (C=O) groups is 1. The van der Waals surface area contributed by atoms with E-state index in [2.05, 4.69) is 15.6 Å². The molecule has 1 saturated heterocycles. The van der Waals surface area contributed by atoms with Crippen LogP contribution in [0, 0.1) is 5.41 Å². The quantitative estimate of drug-likeness (QED) is 0.894. The molecule has 1 amide bonds. The van der Waals surface area contributed by atoms with E-state index < -0.39 is 23.5 Å². The summed E-state index contributed by atoms with van der Waals surface area (Å²) in [6.07, 6.45) is -3.23. The second-order valence-electron chi connectivity index (χ2n) is 4.57. The summed E-state index contributed by atoms with van der Waals surface area (Å²) < 4.78 is 39.4. The number of aromatic nitrogens is 1. The van der Waals surface area contributed by atoms with E-state index in [-0.39, 0.29) is 19.5 Å². The lowest BCUT2D eigenvalue weighted by atomic mass is 9.85. The number of hydrogen-bond donors (Lipinski definition) is 2. The number of nitrogens with zero attached hydrogens (tertiary/aromatic N) is 1. The normalized spacial score (nSPS) is 25.3. The predicted molar refractivity (Wildman–Crippen MR) is 64.6 cm³/mol. The molecular weight excluding hydrogens is 279 g/mol. The van der Waals surface area contributed by atoms with Gasteiger partial charge in [0.2, 0.25) is 5.91 Å². The van der Waals surface area contributed by atoms with Crippen molar-refractivity contribution in [1.82, 2.24) is 15.6 Å². The van der Waals surface area contributed by atoms with Gasteiger partial charge in [0, 0.05) is 18.1 Å². The molecule has 0 spiro atoms. The van der Waals surface area contributed by atoms with E-state index in [1.165, 1.54) is 11.3 Å². The first kappa shape index (κ1) is 14.3. The minimum absolute atomic E-state index is 0.193. The third kappa shape index (κ3) is 2.59. The Hall–Kier alpha value is -1.15. The molecule has 1 fully saturated rings. The lowest BCUT2D eigenvalue weighted by molar-refractivity contribution is -0.216. The van der Waals surface area contributed by atoms with Gasteiger partial charge in [-0.3, -0.25) is 4.79 Å². The highest BCUT2D eigenvalue weighted by Gasteiger charge is 2.61. The number of amides is 1. The summed E-state index contributed by atoms with van der Waals surface area (Å²) in [7, 11) is 0. The Bertz CT molecular complexity index is 441. The van der Waals surface area contributed by atoms with Gasteiger partial charge < -0.3 is 10.6 Å². The van der Waals surface area contributed by atoms with E-state index >= 15 is 0 Å². The highest BCUT2D eigenvalue weighted by Crippen LogP contribution is 2.43. The summed E-state index contributed by atoms with van der Waals surface area (Å²) in [4.78, 5) is 16.0. The molecule has 2 heterocycles. The van der Waals surface area contributed by atoms with Crippen molar-refractivity contribution in [3.63, 3.8) is 0 Å². The zero-order chi connectivity index (χ0) is 14.1. The van der Waals surface area contributed by atoms with Crippen LogP contribution in [-0.4, -0.2) is 30.2 Å². The highest BCUT2D eigenvalue weighted by atomic mass is 32.1. The van der Waals surface area contributed by atoms with Gasteiger partial charge in [0.25, 0.3) is 0 Å². The molecule has 8 heteroatoms. The molecule has 0 aliphatic carbocycles. The van der Waals surface area contributed by atoms with Crippen LogP contribution in [0.1, 0.15) is 24.4 Å². The van der Waals surface area contributed by atoms with Gasteiger partial charge in [-0.05, 0) is 19.9 Å². The van der Waals surface area contributed by atoms with Crippen molar-refractivity contribution < 1.29 is 18.0 Å². The van der Waals surface area contributed by atoms with Crippen molar-refractivity contribution in [2.45, 2.75) is 25.6 Å². The van der Waals surface area contributed by atoms with Gasteiger partial charge in [0.15, 0.2) is 5.41 Å². The molecule has 2 N–H and O–H groups in total. The van der Waals surface area contributed by atoms with Crippen molar-refractivity contribution in [2.24, 2.45) is 5.41 Å². The van der Waals surface area contributed by atoms with Crippen molar-refractivity contribution in [2.75, 3.05) is 13.1 Å². The van der Waals surface area contributed by atoms with E-state index in [4.69, 9.17) is 0 Å². The molecule has 19 heavy (non-hydrogen) atoms. The van der Waals surface area contributed by atoms with Crippen molar-refractivity contribution in [1.29, 1.82) is 0 Å². The van der Waals surface area contributed by atoms with Crippen LogP contribution in [-0.2, 0) is 4.79 Å². The van der Waals surface area contributed by atoms with E-state index in [1.807, 2.05) is 0 Å². The second kappa shape index (κ2) is 5.09. The zero-order valence-electron chi connectivity index (χ0n) is 10.3. The molecule has 0 bridgehead atoms.